The van der Waals surface area contributed by atoms with Crippen LogP contribution in [0.5, 0.6) is 0 Å². The summed E-state index contributed by atoms with van der Waals surface area (Å²) in [7, 11) is 0. The molecule has 2 aromatic carbocycles. The number of hydrogen-bond acceptors (Lipinski definition) is 3. The van der Waals surface area contributed by atoms with E-state index in [1.807, 2.05) is 11.0 Å². The summed E-state index contributed by atoms with van der Waals surface area (Å²) < 4.78 is 34.5. The molecule has 4 rings (SSSR count). The summed E-state index contributed by atoms with van der Waals surface area (Å²) in [6.45, 7) is 0.985. The lowest BCUT2D eigenvalue weighted by atomic mass is 9.96. The minimum Gasteiger partial charge on any atom is -0.478 e. The number of carboxylic acid groups (broad SMARTS) is 1. The molecule has 1 saturated heterocycles. The van der Waals surface area contributed by atoms with E-state index in [-0.39, 0.29) is 37.8 Å². The molecule has 0 unspecified atom stereocenters. The number of aromatic carboxylic acids is 1. The van der Waals surface area contributed by atoms with Crippen molar-refractivity contribution in [2.45, 2.75) is 37.6 Å². The standard InChI is InChI=1S/C22H21Cl2F2NO3/c23-18-4-1-13(5-19(18)24)8-27-10-22(26,11-27)12-30-9-15-6-20(25)17(21(28)29)7-16(15)14-2-3-14/h1,4-7,14H,2-3,8-12H2,(H,28,29). The van der Waals surface area contributed by atoms with Gasteiger partial charge < -0.3 is 9.84 Å². The zero-order valence-electron chi connectivity index (χ0n) is 16.1. The fraction of sp³-hybridized carbons (Fsp3) is 0.409. The Hall–Kier alpha value is -1.73. The molecule has 0 amide bonds. The van der Waals surface area contributed by atoms with Gasteiger partial charge >= 0.3 is 5.97 Å². The Bertz CT molecular complexity index is 975. The number of carbonyl (C=O) groups is 1. The van der Waals surface area contributed by atoms with E-state index in [2.05, 4.69) is 0 Å². The first-order valence-electron chi connectivity index (χ1n) is 9.73. The number of alkyl halides is 1. The lowest BCUT2D eigenvalue weighted by Gasteiger charge is -2.44. The third kappa shape index (κ3) is 4.78. The molecule has 1 aliphatic heterocycles. The van der Waals surface area contributed by atoms with Gasteiger partial charge in [0.1, 0.15) is 5.82 Å². The highest BCUT2D eigenvalue weighted by atomic mass is 35.5. The number of hydrogen-bond donors (Lipinski definition) is 1. The van der Waals surface area contributed by atoms with Gasteiger partial charge in [-0.25, -0.2) is 13.6 Å². The molecule has 0 spiro atoms. The molecule has 1 aliphatic carbocycles. The van der Waals surface area contributed by atoms with Crippen LogP contribution >= 0.6 is 23.2 Å². The van der Waals surface area contributed by atoms with E-state index in [1.165, 1.54) is 12.1 Å². The molecule has 1 saturated carbocycles. The van der Waals surface area contributed by atoms with Gasteiger partial charge in [-0.05, 0) is 59.7 Å². The topological polar surface area (TPSA) is 49.8 Å². The molecule has 0 bridgehead atoms. The number of likely N-dealkylation sites (tertiary alicyclic amines) is 1. The van der Waals surface area contributed by atoms with Crippen LogP contribution in [-0.4, -0.2) is 41.3 Å². The number of rotatable bonds is 8. The van der Waals surface area contributed by atoms with Crippen LogP contribution in [0.3, 0.4) is 0 Å². The van der Waals surface area contributed by atoms with Crippen molar-refractivity contribution >= 4 is 29.2 Å². The maximum absolute atomic E-state index is 14.9. The SMILES string of the molecule is O=C(O)c1cc(C2CC2)c(COCC2(F)CN(Cc3ccc(Cl)c(Cl)c3)C2)cc1F. The minimum absolute atomic E-state index is 0.0567. The molecular formula is C22H21Cl2F2NO3. The van der Waals surface area contributed by atoms with Gasteiger partial charge in [-0.3, -0.25) is 4.90 Å². The summed E-state index contributed by atoms with van der Waals surface area (Å²) in [6.07, 6.45) is 1.88. The Morgan fingerprint density at radius 3 is 2.57 bits per heavy atom. The molecule has 2 aromatic rings. The predicted octanol–water partition coefficient (Wildman–Crippen LogP) is 5.45. The van der Waals surface area contributed by atoms with Crippen molar-refractivity contribution in [2.75, 3.05) is 19.7 Å². The second-order valence-corrected chi connectivity index (χ2v) is 8.96. The van der Waals surface area contributed by atoms with E-state index < -0.39 is 17.5 Å². The molecule has 0 radical (unpaired) electrons. The smallest absolute Gasteiger partial charge is 0.338 e. The van der Waals surface area contributed by atoms with Gasteiger partial charge in [-0.2, -0.15) is 0 Å². The molecule has 0 atom stereocenters. The van der Waals surface area contributed by atoms with Gasteiger partial charge in [0.05, 0.1) is 28.8 Å². The maximum Gasteiger partial charge on any atom is 0.338 e. The second kappa shape index (κ2) is 8.42. The summed E-state index contributed by atoms with van der Waals surface area (Å²) in [5.74, 6) is -1.86. The lowest BCUT2D eigenvalue weighted by molar-refractivity contribution is -0.0937. The van der Waals surface area contributed by atoms with Crippen LogP contribution in [0, 0.1) is 5.82 Å². The lowest BCUT2D eigenvalue weighted by Crippen LogP contribution is -2.60. The Morgan fingerprint density at radius 2 is 1.93 bits per heavy atom. The van der Waals surface area contributed by atoms with Crippen LogP contribution in [0.1, 0.15) is 45.8 Å². The minimum atomic E-state index is -1.46. The van der Waals surface area contributed by atoms with Gasteiger partial charge in [0.25, 0.3) is 0 Å². The number of ether oxygens (including phenoxy) is 1. The van der Waals surface area contributed by atoms with E-state index in [1.54, 1.807) is 12.1 Å². The monoisotopic (exact) mass is 455 g/mol. The highest BCUT2D eigenvalue weighted by Gasteiger charge is 2.43. The Kier molecular flexibility index (Phi) is 6.04. The summed E-state index contributed by atoms with van der Waals surface area (Å²) in [4.78, 5) is 13.1. The van der Waals surface area contributed by atoms with Crippen LogP contribution in [-0.2, 0) is 17.9 Å². The first-order chi connectivity index (χ1) is 14.2. The van der Waals surface area contributed by atoms with Gasteiger partial charge in [0.15, 0.2) is 5.67 Å². The van der Waals surface area contributed by atoms with E-state index in [9.17, 15) is 13.6 Å². The van der Waals surface area contributed by atoms with Gasteiger partial charge in [0.2, 0.25) is 0 Å². The van der Waals surface area contributed by atoms with Gasteiger partial charge in [-0.15, -0.1) is 0 Å². The van der Waals surface area contributed by atoms with Crippen LogP contribution in [0.25, 0.3) is 0 Å². The Balaban J connectivity index is 1.31. The van der Waals surface area contributed by atoms with Gasteiger partial charge in [0, 0.05) is 19.6 Å². The molecule has 1 heterocycles. The number of carboxylic acids is 1. The highest BCUT2D eigenvalue weighted by molar-refractivity contribution is 6.42. The summed E-state index contributed by atoms with van der Waals surface area (Å²) >= 11 is 11.9. The fourth-order valence-electron chi connectivity index (χ4n) is 3.89. The van der Waals surface area contributed by atoms with Crippen molar-refractivity contribution in [3.05, 3.63) is 68.4 Å². The van der Waals surface area contributed by atoms with Gasteiger partial charge in [-0.1, -0.05) is 29.3 Å². The van der Waals surface area contributed by atoms with Crippen LogP contribution in [0.4, 0.5) is 8.78 Å². The van der Waals surface area contributed by atoms with Crippen molar-refractivity contribution in [2.24, 2.45) is 0 Å². The molecule has 8 heteroatoms. The normalized spacial score (nSPS) is 18.3. The number of halogens is 4. The zero-order valence-corrected chi connectivity index (χ0v) is 17.6. The molecule has 2 aliphatic rings. The van der Waals surface area contributed by atoms with Crippen molar-refractivity contribution < 1.29 is 23.4 Å². The van der Waals surface area contributed by atoms with Crippen molar-refractivity contribution in [1.29, 1.82) is 0 Å². The largest absolute Gasteiger partial charge is 0.478 e. The van der Waals surface area contributed by atoms with E-state index in [0.717, 1.165) is 24.0 Å². The highest BCUT2D eigenvalue weighted by Crippen LogP contribution is 2.42. The van der Waals surface area contributed by atoms with Crippen LogP contribution in [0.15, 0.2) is 30.3 Å². The van der Waals surface area contributed by atoms with Crippen molar-refractivity contribution in [1.82, 2.24) is 4.90 Å². The van der Waals surface area contributed by atoms with E-state index >= 15 is 0 Å². The van der Waals surface area contributed by atoms with Crippen LogP contribution in [0.2, 0.25) is 10.0 Å². The third-order valence-electron chi connectivity index (χ3n) is 5.50. The number of benzene rings is 2. The quantitative estimate of drug-likeness (QED) is 0.574. The van der Waals surface area contributed by atoms with E-state index in [4.69, 9.17) is 33.0 Å². The third-order valence-corrected chi connectivity index (χ3v) is 6.24. The summed E-state index contributed by atoms with van der Waals surface area (Å²) in [5.41, 5.74) is 0.539. The van der Waals surface area contributed by atoms with E-state index in [0.29, 0.717) is 22.2 Å². The molecule has 4 nitrogen and oxygen atoms in total. The average Bonchev–Trinajstić information content (AvgIpc) is 3.48. The molecule has 1 N–H and O–H groups in total. The predicted molar refractivity (Wildman–Crippen MR) is 111 cm³/mol. The molecule has 30 heavy (non-hydrogen) atoms. The van der Waals surface area contributed by atoms with Crippen molar-refractivity contribution in [3.63, 3.8) is 0 Å². The Labute approximate surface area is 183 Å². The summed E-state index contributed by atoms with van der Waals surface area (Å²) in [6, 6.07) is 7.95. The second-order valence-electron chi connectivity index (χ2n) is 8.15. The zero-order chi connectivity index (χ0) is 21.5. The number of nitrogens with zero attached hydrogens (tertiary/aromatic N) is 1. The summed E-state index contributed by atoms with van der Waals surface area (Å²) in [5, 5.41) is 10.1. The molecule has 160 valence electrons. The first kappa shape index (κ1) is 21.5. The average molecular weight is 456 g/mol. The maximum atomic E-state index is 14.9. The van der Waals surface area contributed by atoms with Crippen LogP contribution < -0.4 is 0 Å². The first-order valence-corrected chi connectivity index (χ1v) is 10.5. The Morgan fingerprint density at radius 1 is 1.20 bits per heavy atom. The molecular weight excluding hydrogens is 435 g/mol. The molecule has 2 fully saturated rings. The fourth-order valence-corrected chi connectivity index (χ4v) is 4.21. The van der Waals surface area contributed by atoms with Crippen molar-refractivity contribution in [3.8, 4) is 0 Å². The molecule has 0 aromatic heterocycles.